The summed E-state index contributed by atoms with van der Waals surface area (Å²) in [6.07, 6.45) is 0. The Bertz CT molecular complexity index is 1970. The molecule has 4 nitrogen and oxygen atoms in total. The Hall–Kier alpha value is -4.77. The lowest BCUT2D eigenvalue weighted by atomic mass is 10.0. The normalized spacial score (nSPS) is 11.6. The third-order valence-corrected chi connectivity index (χ3v) is 7.13. The summed E-state index contributed by atoms with van der Waals surface area (Å²) in [5, 5.41) is 1.74. The molecule has 0 N–H and O–H groups in total. The van der Waals surface area contributed by atoms with Crippen molar-refractivity contribution >= 4 is 33.1 Å². The number of aryl methyl sites for hydroxylation is 2. The van der Waals surface area contributed by atoms with Crippen LogP contribution in [0.5, 0.6) is 0 Å². The lowest BCUT2D eigenvalue weighted by molar-refractivity contribution is -0.633. The first kappa shape index (κ1) is 21.5. The lowest BCUT2D eigenvalue weighted by Gasteiger charge is -2.11. The van der Waals surface area contributed by atoms with Gasteiger partial charge in [-0.05, 0) is 60.5 Å². The molecule has 0 atom stereocenters. The highest BCUT2D eigenvalue weighted by atomic mass is 19.1. The number of para-hydroxylation sites is 3. The van der Waals surface area contributed by atoms with E-state index in [-0.39, 0.29) is 0 Å². The number of benzene rings is 4. The third kappa shape index (κ3) is 3.28. The smallest absolute Gasteiger partial charge is 0.295 e. The van der Waals surface area contributed by atoms with Crippen LogP contribution in [-0.4, -0.2) is 9.55 Å². The zero-order valence-electron chi connectivity index (χ0n) is 20.4. The zero-order valence-corrected chi connectivity index (χ0v) is 20.4. The van der Waals surface area contributed by atoms with E-state index >= 15 is 0 Å². The van der Waals surface area contributed by atoms with Gasteiger partial charge in [0.1, 0.15) is 11.3 Å². The van der Waals surface area contributed by atoms with Gasteiger partial charge < -0.3 is 4.42 Å². The lowest BCUT2D eigenvalue weighted by Crippen LogP contribution is -2.30. The van der Waals surface area contributed by atoms with Crippen LogP contribution in [0.15, 0.2) is 108 Å². The van der Waals surface area contributed by atoms with Crippen molar-refractivity contribution < 1.29 is 13.4 Å². The van der Waals surface area contributed by atoms with Gasteiger partial charge in [0.2, 0.25) is 11.7 Å². The number of aromatic nitrogens is 3. The molecule has 37 heavy (non-hydrogen) atoms. The molecule has 4 aromatic carbocycles. The van der Waals surface area contributed by atoms with Gasteiger partial charge in [-0.3, -0.25) is 0 Å². The molecule has 0 aliphatic carbocycles. The van der Waals surface area contributed by atoms with Crippen LogP contribution in [0.25, 0.3) is 61.3 Å². The van der Waals surface area contributed by atoms with E-state index in [1.165, 1.54) is 6.07 Å². The highest BCUT2D eigenvalue weighted by Gasteiger charge is 2.29. The van der Waals surface area contributed by atoms with Crippen molar-refractivity contribution in [2.45, 2.75) is 6.92 Å². The van der Waals surface area contributed by atoms with Crippen molar-refractivity contribution in [1.82, 2.24) is 9.55 Å². The summed E-state index contributed by atoms with van der Waals surface area (Å²) in [5.74, 6) is 0.483. The minimum Gasteiger partial charge on any atom is -0.438 e. The van der Waals surface area contributed by atoms with Gasteiger partial charge in [-0.15, -0.1) is 0 Å². The fourth-order valence-electron chi connectivity index (χ4n) is 5.42. The molecule has 7 aromatic rings. The number of pyridine rings is 1. The van der Waals surface area contributed by atoms with Crippen LogP contribution in [-0.2, 0) is 7.05 Å². The Kier molecular flexibility index (Phi) is 4.73. The van der Waals surface area contributed by atoms with Gasteiger partial charge in [0.15, 0.2) is 11.0 Å². The van der Waals surface area contributed by atoms with Crippen LogP contribution in [0.3, 0.4) is 0 Å². The van der Waals surface area contributed by atoms with Crippen molar-refractivity contribution in [3.63, 3.8) is 0 Å². The molecule has 0 aliphatic rings. The Balaban J connectivity index is 1.57. The summed E-state index contributed by atoms with van der Waals surface area (Å²) >= 11 is 0. The quantitative estimate of drug-likeness (QED) is 0.192. The van der Waals surface area contributed by atoms with E-state index in [2.05, 4.69) is 113 Å². The Morgan fingerprint density at radius 1 is 0.784 bits per heavy atom. The molecule has 0 aliphatic heterocycles. The maximum absolute atomic E-state index is 13.8. The van der Waals surface area contributed by atoms with E-state index in [9.17, 15) is 4.39 Å². The first-order chi connectivity index (χ1) is 18.1. The highest BCUT2D eigenvalue weighted by Crippen LogP contribution is 2.37. The van der Waals surface area contributed by atoms with E-state index in [4.69, 9.17) is 4.42 Å². The Morgan fingerprint density at radius 2 is 1.54 bits per heavy atom. The predicted molar refractivity (Wildman–Crippen MR) is 145 cm³/mol. The summed E-state index contributed by atoms with van der Waals surface area (Å²) in [6.45, 7) is 2.11. The summed E-state index contributed by atoms with van der Waals surface area (Å²) in [6, 6.07) is 34.6. The van der Waals surface area contributed by atoms with Crippen molar-refractivity contribution in [2.24, 2.45) is 7.05 Å². The van der Waals surface area contributed by atoms with Gasteiger partial charge in [0.25, 0.3) is 5.82 Å². The van der Waals surface area contributed by atoms with Crippen molar-refractivity contribution in [1.29, 1.82) is 0 Å². The summed E-state index contributed by atoms with van der Waals surface area (Å²) in [5.41, 5.74) is 8.74. The van der Waals surface area contributed by atoms with Gasteiger partial charge in [-0.25, -0.2) is 4.57 Å². The van der Waals surface area contributed by atoms with Crippen LogP contribution in [0, 0.1) is 12.9 Å². The fraction of sp³-hybridized carbons (Fsp3) is 0.0625. The standard InChI is InChI=1S/C32H23FN3O/c1-20-18-25-23-16-17-30(33)34-31(23)37-29(25)19-24(20)32-35(2)27-14-8-9-15-28(27)36(32)26-13-7-6-12-22(26)21-10-4-3-5-11-21/h3-19H,1-2H3/q+1. The minimum absolute atomic E-state index is 0.311. The molecule has 178 valence electrons. The largest absolute Gasteiger partial charge is 0.438 e. The highest BCUT2D eigenvalue weighted by molar-refractivity contribution is 6.05. The predicted octanol–water partition coefficient (Wildman–Crippen LogP) is 7.53. The number of imidazole rings is 1. The van der Waals surface area contributed by atoms with Crippen molar-refractivity contribution in [3.8, 4) is 28.2 Å². The summed E-state index contributed by atoms with van der Waals surface area (Å²) in [4.78, 5) is 3.96. The Morgan fingerprint density at radius 3 is 2.41 bits per heavy atom. The number of hydrogen-bond donors (Lipinski definition) is 0. The molecular formula is C32H23FN3O+. The summed E-state index contributed by atoms with van der Waals surface area (Å²) in [7, 11) is 2.10. The number of furan rings is 1. The average Bonchev–Trinajstić information content (AvgIpc) is 3.42. The van der Waals surface area contributed by atoms with Gasteiger partial charge in [-0.2, -0.15) is 13.9 Å². The van der Waals surface area contributed by atoms with Gasteiger partial charge >= 0.3 is 0 Å². The zero-order chi connectivity index (χ0) is 25.1. The second kappa shape index (κ2) is 8.14. The van der Waals surface area contributed by atoms with Crippen LogP contribution >= 0.6 is 0 Å². The molecule has 0 bridgehead atoms. The first-order valence-corrected chi connectivity index (χ1v) is 12.2. The van der Waals surface area contributed by atoms with Gasteiger partial charge in [0, 0.05) is 16.3 Å². The topological polar surface area (TPSA) is 34.8 Å². The van der Waals surface area contributed by atoms with Gasteiger partial charge in [0.05, 0.1) is 12.6 Å². The average molecular weight is 485 g/mol. The summed E-state index contributed by atoms with van der Waals surface area (Å²) < 4.78 is 24.4. The van der Waals surface area contributed by atoms with E-state index in [0.29, 0.717) is 11.3 Å². The molecule has 0 fully saturated rings. The number of fused-ring (bicyclic) bond motifs is 4. The maximum atomic E-state index is 13.8. The molecule has 0 spiro atoms. The van der Waals surface area contributed by atoms with Crippen molar-refractivity contribution in [2.75, 3.05) is 0 Å². The van der Waals surface area contributed by atoms with E-state index in [1.807, 2.05) is 6.07 Å². The monoisotopic (exact) mass is 484 g/mol. The number of nitrogens with zero attached hydrogens (tertiary/aromatic N) is 3. The van der Waals surface area contributed by atoms with E-state index in [1.54, 1.807) is 6.07 Å². The third-order valence-electron chi connectivity index (χ3n) is 7.13. The van der Waals surface area contributed by atoms with E-state index < -0.39 is 5.95 Å². The SMILES string of the molecule is Cc1cc2c(cc1-c1n(-c3ccccc3-c3ccccc3)c3ccccc3[n+]1C)oc1nc(F)ccc12. The minimum atomic E-state index is -0.549. The van der Waals surface area contributed by atoms with Crippen molar-refractivity contribution in [3.05, 3.63) is 115 Å². The fourth-order valence-corrected chi connectivity index (χ4v) is 5.42. The molecule has 3 heterocycles. The van der Waals surface area contributed by atoms with Crippen LogP contribution in [0.2, 0.25) is 0 Å². The van der Waals surface area contributed by atoms with Crippen LogP contribution in [0.1, 0.15) is 5.56 Å². The first-order valence-electron chi connectivity index (χ1n) is 12.2. The van der Waals surface area contributed by atoms with Crippen LogP contribution in [0.4, 0.5) is 4.39 Å². The second-order valence-electron chi connectivity index (χ2n) is 9.34. The number of rotatable bonds is 3. The van der Waals surface area contributed by atoms with Gasteiger partial charge in [-0.1, -0.05) is 60.7 Å². The Labute approximate surface area is 212 Å². The molecule has 5 heteroatoms. The number of hydrogen-bond acceptors (Lipinski definition) is 2. The maximum Gasteiger partial charge on any atom is 0.295 e. The molecule has 0 unspecified atom stereocenters. The molecule has 3 aromatic heterocycles. The number of halogens is 1. The molecule has 0 saturated carbocycles. The molecule has 7 rings (SSSR count). The molecule has 0 amide bonds. The molecular weight excluding hydrogens is 461 g/mol. The van der Waals surface area contributed by atoms with E-state index in [0.717, 1.165) is 55.6 Å². The van der Waals surface area contributed by atoms with Crippen LogP contribution < -0.4 is 4.57 Å². The molecule has 0 saturated heterocycles. The molecule has 0 radical (unpaired) electrons. The second-order valence-corrected chi connectivity index (χ2v) is 9.34.